The quantitative estimate of drug-likeness (QED) is 0.587. The van der Waals surface area contributed by atoms with E-state index in [0.29, 0.717) is 17.5 Å². The Kier molecular flexibility index (Phi) is 6.62. The molecule has 1 N–H and O–H groups in total. The molecule has 134 valence electrons. The number of ether oxygens (including phenoxy) is 1. The average Bonchev–Trinajstić information content (AvgIpc) is 3.09. The van der Waals surface area contributed by atoms with E-state index in [1.165, 1.54) is 28.7 Å². The maximum absolute atomic E-state index is 12.1. The Labute approximate surface area is 160 Å². The number of carbonyl (C=O) groups is 1. The molecule has 0 fully saturated rings. The van der Waals surface area contributed by atoms with Crippen molar-refractivity contribution in [1.82, 2.24) is 10.2 Å². The van der Waals surface area contributed by atoms with Crippen LogP contribution in [0.2, 0.25) is 0 Å². The molecule has 0 radical (unpaired) electrons. The number of nitrogens with one attached hydrogen (secondary N) is 1. The van der Waals surface area contributed by atoms with Crippen molar-refractivity contribution in [3.05, 3.63) is 65.2 Å². The van der Waals surface area contributed by atoms with Crippen LogP contribution in [0.1, 0.15) is 17.5 Å². The van der Waals surface area contributed by atoms with Crippen LogP contribution in [0.25, 0.3) is 0 Å². The number of amides is 1. The lowest BCUT2D eigenvalue weighted by Gasteiger charge is -2.04. The predicted octanol–water partition coefficient (Wildman–Crippen LogP) is 4.26. The summed E-state index contributed by atoms with van der Waals surface area (Å²) in [4.78, 5) is 13.1. The Bertz CT molecular complexity index is 836. The Hall–Kier alpha value is -2.38. The molecule has 3 rings (SSSR count). The molecule has 2 aromatic carbocycles. The van der Waals surface area contributed by atoms with Gasteiger partial charge in [-0.1, -0.05) is 41.7 Å². The summed E-state index contributed by atoms with van der Waals surface area (Å²) in [5.41, 5.74) is 1.17. The monoisotopic (exact) mass is 385 g/mol. The smallest absolute Gasteiger partial charge is 0.236 e. The van der Waals surface area contributed by atoms with E-state index in [1.807, 2.05) is 61.5 Å². The summed E-state index contributed by atoms with van der Waals surface area (Å²) in [5.74, 6) is 1.06. The molecule has 0 saturated carbocycles. The van der Waals surface area contributed by atoms with Gasteiger partial charge in [-0.2, -0.15) is 0 Å². The summed E-state index contributed by atoms with van der Waals surface area (Å²) in [6, 6.07) is 17.8. The van der Waals surface area contributed by atoms with Crippen LogP contribution in [0, 0.1) is 0 Å². The molecular weight excluding hydrogens is 366 g/mol. The van der Waals surface area contributed by atoms with Gasteiger partial charge >= 0.3 is 0 Å². The lowest BCUT2D eigenvalue weighted by molar-refractivity contribution is -0.113. The number of carbonyl (C=O) groups excluding carboxylic acids is 1. The lowest BCUT2D eigenvalue weighted by Crippen LogP contribution is -2.13. The highest BCUT2D eigenvalue weighted by Crippen LogP contribution is 2.23. The highest BCUT2D eigenvalue weighted by molar-refractivity contribution is 8.00. The Balaban J connectivity index is 1.47. The van der Waals surface area contributed by atoms with E-state index in [-0.39, 0.29) is 5.91 Å². The number of benzene rings is 2. The normalized spacial score (nSPS) is 10.5. The number of thioether (sulfide) groups is 1. The minimum Gasteiger partial charge on any atom is -0.494 e. The van der Waals surface area contributed by atoms with Gasteiger partial charge in [-0.05, 0) is 36.8 Å². The molecule has 0 aliphatic carbocycles. The standard InChI is InChI=1S/C19H19N3O2S2/c1-2-24-15-8-10-16(11-9-15)25-13-17(23)20-19-22-21-18(26-19)12-14-6-4-3-5-7-14/h3-11H,2,12-13H2,1H3,(H,20,22,23). The fraction of sp³-hybridized carbons (Fsp3) is 0.211. The predicted molar refractivity (Wildman–Crippen MR) is 106 cm³/mol. The summed E-state index contributed by atoms with van der Waals surface area (Å²) in [6.07, 6.45) is 0.718. The first kappa shape index (κ1) is 18.4. The van der Waals surface area contributed by atoms with Crippen molar-refractivity contribution in [2.45, 2.75) is 18.2 Å². The number of anilines is 1. The Morgan fingerprint density at radius 2 is 1.88 bits per heavy atom. The van der Waals surface area contributed by atoms with Crippen LogP contribution >= 0.6 is 23.1 Å². The van der Waals surface area contributed by atoms with Gasteiger partial charge in [0.2, 0.25) is 11.0 Å². The first-order valence-corrected chi connectivity index (χ1v) is 10.0. The fourth-order valence-corrected chi connectivity index (χ4v) is 3.74. The minimum atomic E-state index is -0.0914. The molecule has 3 aromatic rings. The SMILES string of the molecule is CCOc1ccc(SCC(=O)Nc2nnc(Cc3ccccc3)s2)cc1. The summed E-state index contributed by atoms with van der Waals surface area (Å²) >= 11 is 2.88. The zero-order valence-corrected chi connectivity index (χ0v) is 16.0. The first-order valence-electron chi connectivity index (χ1n) is 8.25. The lowest BCUT2D eigenvalue weighted by atomic mass is 10.2. The van der Waals surface area contributed by atoms with Crippen LogP contribution in [-0.4, -0.2) is 28.5 Å². The number of hydrogen-bond donors (Lipinski definition) is 1. The van der Waals surface area contributed by atoms with Crippen LogP contribution in [0.4, 0.5) is 5.13 Å². The molecule has 0 saturated heterocycles. The van der Waals surface area contributed by atoms with Crippen molar-refractivity contribution in [3.8, 4) is 5.75 Å². The minimum absolute atomic E-state index is 0.0914. The number of aromatic nitrogens is 2. The van der Waals surface area contributed by atoms with Crippen LogP contribution in [0.3, 0.4) is 0 Å². The maximum Gasteiger partial charge on any atom is 0.236 e. The molecule has 0 spiro atoms. The molecule has 0 aliphatic rings. The highest BCUT2D eigenvalue weighted by Gasteiger charge is 2.09. The second-order valence-electron chi connectivity index (χ2n) is 5.40. The number of hydrogen-bond acceptors (Lipinski definition) is 6. The first-order chi connectivity index (χ1) is 12.7. The van der Waals surface area contributed by atoms with Crippen molar-refractivity contribution >= 4 is 34.1 Å². The topological polar surface area (TPSA) is 64.1 Å². The van der Waals surface area contributed by atoms with Gasteiger partial charge < -0.3 is 4.74 Å². The van der Waals surface area contributed by atoms with Crippen LogP contribution in [-0.2, 0) is 11.2 Å². The van der Waals surface area contributed by atoms with Crippen molar-refractivity contribution in [2.24, 2.45) is 0 Å². The van der Waals surface area contributed by atoms with Gasteiger partial charge in [-0.25, -0.2) is 0 Å². The zero-order valence-electron chi connectivity index (χ0n) is 14.3. The van der Waals surface area contributed by atoms with Crippen LogP contribution < -0.4 is 10.1 Å². The van der Waals surface area contributed by atoms with E-state index in [9.17, 15) is 4.79 Å². The molecule has 5 nitrogen and oxygen atoms in total. The molecule has 1 amide bonds. The Morgan fingerprint density at radius 1 is 1.12 bits per heavy atom. The van der Waals surface area contributed by atoms with Gasteiger partial charge in [-0.15, -0.1) is 22.0 Å². The third kappa shape index (κ3) is 5.57. The largest absolute Gasteiger partial charge is 0.494 e. The summed E-state index contributed by atoms with van der Waals surface area (Å²) in [6.45, 7) is 2.59. The van der Waals surface area contributed by atoms with Gasteiger partial charge in [0.25, 0.3) is 0 Å². The Morgan fingerprint density at radius 3 is 2.62 bits per heavy atom. The summed E-state index contributed by atoms with van der Waals surface area (Å²) in [5, 5.41) is 12.4. The van der Waals surface area contributed by atoms with Crippen molar-refractivity contribution < 1.29 is 9.53 Å². The summed E-state index contributed by atoms with van der Waals surface area (Å²) in [7, 11) is 0. The van der Waals surface area contributed by atoms with Gasteiger partial charge in [0.15, 0.2) is 0 Å². The summed E-state index contributed by atoms with van der Waals surface area (Å²) < 4.78 is 5.41. The second-order valence-corrected chi connectivity index (χ2v) is 7.52. The molecule has 0 bridgehead atoms. The second kappa shape index (κ2) is 9.35. The average molecular weight is 386 g/mol. The molecule has 7 heteroatoms. The fourth-order valence-electron chi connectivity index (χ4n) is 2.25. The molecule has 1 heterocycles. The van der Waals surface area contributed by atoms with Gasteiger partial charge in [0.1, 0.15) is 10.8 Å². The third-order valence-electron chi connectivity index (χ3n) is 3.42. The molecule has 26 heavy (non-hydrogen) atoms. The zero-order chi connectivity index (χ0) is 18.2. The molecule has 0 atom stereocenters. The van der Waals surface area contributed by atoms with E-state index in [1.54, 1.807) is 0 Å². The van der Waals surface area contributed by atoms with Gasteiger partial charge in [0.05, 0.1) is 12.4 Å². The van der Waals surface area contributed by atoms with Crippen molar-refractivity contribution in [2.75, 3.05) is 17.7 Å². The van der Waals surface area contributed by atoms with Crippen LogP contribution in [0.5, 0.6) is 5.75 Å². The van der Waals surface area contributed by atoms with Gasteiger partial charge in [-0.3, -0.25) is 10.1 Å². The van der Waals surface area contributed by atoms with Gasteiger partial charge in [0, 0.05) is 11.3 Å². The van der Waals surface area contributed by atoms with Crippen molar-refractivity contribution in [3.63, 3.8) is 0 Å². The molecule has 0 aliphatic heterocycles. The van der Waals surface area contributed by atoms with Crippen LogP contribution in [0.15, 0.2) is 59.5 Å². The molecule has 1 aromatic heterocycles. The van der Waals surface area contributed by atoms with E-state index in [2.05, 4.69) is 15.5 Å². The molecular formula is C19H19N3O2S2. The van der Waals surface area contributed by atoms with E-state index in [0.717, 1.165) is 22.1 Å². The third-order valence-corrected chi connectivity index (χ3v) is 5.27. The maximum atomic E-state index is 12.1. The van der Waals surface area contributed by atoms with E-state index in [4.69, 9.17) is 4.74 Å². The van der Waals surface area contributed by atoms with E-state index < -0.39 is 0 Å². The molecule has 0 unspecified atom stereocenters. The number of rotatable bonds is 8. The number of nitrogens with zero attached hydrogens (tertiary/aromatic N) is 2. The van der Waals surface area contributed by atoms with E-state index >= 15 is 0 Å². The van der Waals surface area contributed by atoms with Crippen molar-refractivity contribution in [1.29, 1.82) is 0 Å². The highest BCUT2D eigenvalue weighted by atomic mass is 32.2.